The zero-order valence-corrected chi connectivity index (χ0v) is 13.6. The van der Waals surface area contributed by atoms with Crippen LogP contribution in [0.25, 0.3) is 0 Å². The van der Waals surface area contributed by atoms with Gasteiger partial charge in [0.25, 0.3) is 0 Å². The summed E-state index contributed by atoms with van der Waals surface area (Å²) in [6.45, 7) is 6.30. The first kappa shape index (κ1) is 14.8. The predicted molar refractivity (Wildman–Crippen MR) is 86.1 cm³/mol. The zero-order valence-electron chi connectivity index (χ0n) is 13.6. The van der Waals surface area contributed by atoms with Gasteiger partial charge in [0.1, 0.15) is 0 Å². The Kier molecular flexibility index (Phi) is 4.72. The van der Waals surface area contributed by atoms with Gasteiger partial charge in [-0.15, -0.1) is 0 Å². The average molecular weight is 278 g/mol. The molecule has 0 aromatic carbocycles. The number of piperazine rings is 1. The molecule has 1 N–H and O–H groups in total. The van der Waals surface area contributed by atoms with Gasteiger partial charge in [0.2, 0.25) is 0 Å². The first-order valence-electron chi connectivity index (χ1n) is 9.29. The van der Waals surface area contributed by atoms with Crippen molar-refractivity contribution in [2.75, 3.05) is 19.6 Å². The Balaban J connectivity index is 1.68. The second-order valence-corrected chi connectivity index (χ2v) is 7.75. The maximum atomic E-state index is 4.05. The minimum Gasteiger partial charge on any atom is -0.308 e. The fraction of sp³-hybridized carbons (Fsp3) is 1.00. The largest absolute Gasteiger partial charge is 0.308 e. The third-order valence-corrected chi connectivity index (χ3v) is 6.33. The fourth-order valence-electron chi connectivity index (χ4n) is 5.01. The summed E-state index contributed by atoms with van der Waals surface area (Å²) in [7, 11) is 0. The zero-order chi connectivity index (χ0) is 13.9. The molecule has 1 heterocycles. The molecule has 0 atom stereocenters. The van der Waals surface area contributed by atoms with Crippen LogP contribution >= 0.6 is 0 Å². The van der Waals surface area contributed by atoms with Gasteiger partial charge in [-0.2, -0.15) is 0 Å². The molecule has 2 saturated carbocycles. The van der Waals surface area contributed by atoms with Crippen molar-refractivity contribution in [2.24, 2.45) is 0 Å². The maximum Gasteiger partial charge on any atom is 0.0334 e. The van der Waals surface area contributed by atoms with E-state index < -0.39 is 0 Å². The predicted octanol–water partition coefficient (Wildman–Crippen LogP) is 4.10. The molecule has 116 valence electrons. The number of rotatable bonds is 4. The topological polar surface area (TPSA) is 15.3 Å². The molecule has 0 unspecified atom stereocenters. The molecule has 3 fully saturated rings. The second-order valence-electron chi connectivity index (χ2n) is 7.75. The van der Waals surface area contributed by atoms with E-state index in [1.54, 1.807) is 0 Å². The van der Waals surface area contributed by atoms with E-state index in [1.807, 2.05) is 0 Å². The molecule has 2 nitrogen and oxygen atoms in total. The van der Waals surface area contributed by atoms with Gasteiger partial charge in [-0.05, 0) is 38.6 Å². The monoisotopic (exact) mass is 278 g/mol. The van der Waals surface area contributed by atoms with E-state index in [9.17, 15) is 0 Å². The molecule has 0 bridgehead atoms. The number of nitrogens with one attached hydrogen (secondary N) is 1. The van der Waals surface area contributed by atoms with Gasteiger partial charge in [-0.25, -0.2) is 0 Å². The van der Waals surface area contributed by atoms with Gasteiger partial charge < -0.3 is 5.32 Å². The highest BCUT2D eigenvalue weighted by atomic mass is 15.3. The van der Waals surface area contributed by atoms with Crippen LogP contribution < -0.4 is 5.32 Å². The Bertz CT molecular complexity index is 301. The molecular weight excluding hydrogens is 244 g/mol. The van der Waals surface area contributed by atoms with Crippen LogP contribution in [-0.2, 0) is 0 Å². The summed E-state index contributed by atoms with van der Waals surface area (Å²) in [5.41, 5.74) is 1.02. The minimum absolute atomic E-state index is 0.484. The standard InChI is InChI=1S/C18H34N2/c1-2-3-9-14-20-16-17(10-5-4-6-11-17)19-15-18(20)12-7-8-13-18/h19H,2-16H2,1H3. The lowest BCUT2D eigenvalue weighted by atomic mass is 9.76. The molecule has 3 rings (SSSR count). The van der Waals surface area contributed by atoms with Crippen molar-refractivity contribution >= 4 is 0 Å². The highest BCUT2D eigenvalue weighted by Gasteiger charge is 2.48. The van der Waals surface area contributed by atoms with E-state index in [0.717, 1.165) is 0 Å². The molecule has 0 radical (unpaired) electrons. The quantitative estimate of drug-likeness (QED) is 0.779. The molecule has 3 aliphatic rings. The Hall–Kier alpha value is -0.0800. The number of nitrogens with zero attached hydrogens (tertiary/aromatic N) is 1. The highest BCUT2D eigenvalue weighted by molar-refractivity contribution is 5.07. The van der Waals surface area contributed by atoms with Gasteiger partial charge >= 0.3 is 0 Å². The third-order valence-electron chi connectivity index (χ3n) is 6.33. The van der Waals surface area contributed by atoms with Crippen LogP contribution in [0.3, 0.4) is 0 Å². The summed E-state index contributed by atoms with van der Waals surface area (Å²) in [6, 6.07) is 0. The van der Waals surface area contributed by atoms with Crippen molar-refractivity contribution in [3.05, 3.63) is 0 Å². The Morgan fingerprint density at radius 2 is 1.60 bits per heavy atom. The van der Waals surface area contributed by atoms with Crippen LogP contribution in [-0.4, -0.2) is 35.6 Å². The lowest BCUT2D eigenvalue weighted by Crippen LogP contribution is -2.69. The Morgan fingerprint density at radius 3 is 2.30 bits per heavy atom. The highest BCUT2D eigenvalue weighted by Crippen LogP contribution is 2.41. The molecule has 2 spiro atoms. The summed E-state index contributed by atoms with van der Waals surface area (Å²) < 4.78 is 0. The molecule has 1 saturated heterocycles. The van der Waals surface area contributed by atoms with E-state index in [2.05, 4.69) is 17.1 Å². The lowest BCUT2D eigenvalue weighted by Gasteiger charge is -2.55. The molecule has 2 heteroatoms. The number of hydrogen-bond donors (Lipinski definition) is 1. The summed E-state index contributed by atoms with van der Waals surface area (Å²) in [5, 5.41) is 4.05. The number of hydrogen-bond acceptors (Lipinski definition) is 2. The SMILES string of the molecule is CCCCCN1CC2(CCCCC2)NCC12CCCC2. The molecule has 20 heavy (non-hydrogen) atoms. The molecule has 0 amide bonds. The van der Waals surface area contributed by atoms with Gasteiger partial charge in [-0.3, -0.25) is 4.90 Å². The van der Waals surface area contributed by atoms with E-state index in [1.165, 1.54) is 96.7 Å². The third kappa shape index (κ3) is 2.92. The van der Waals surface area contributed by atoms with E-state index in [0.29, 0.717) is 11.1 Å². The van der Waals surface area contributed by atoms with Gasteiger partial charge in [0, 0.05) is 24.2 Å². The number of unbranched alkanes of at least 4 members (excludes halogenated alkanes) is 2. The summed E-state index contributed by atoms with van der Waals surface area (Å²) in [6.07, 6.45) is 17.2. The lowest BCUT2D eigenvalue weighted by molar-refractivity contribution is -0.00682. The van der Waals surface area contributed by atoms with Crippen LogP contribution in [0.5, 0.6) is 0 Å². The second kappa shape index (κ2) is 6.36. The van der Waals surface area contributed by atoms with E-state index in [-0.39, 0.29) is 0 Å². The van der Waals surface area contributed by atoms with Crippen LogP contribution in [0.1, 0.15) is 84.0 Å². The van der Waals surface area contributed by atoms with Gasteiger partial charge in [0.05, 0.1) is 0 Å². The van der Waals surface area contributed by atoms with Gasteiger partial charge in [0.15, 0.2) is 0 Å². The summed E-state index contributed by atoms with van der Waals surface area (Å²) in [4.78, 5) is 2.94. The molecular formula is C18H34N2. The summed E-state index contributed by atoms with van der Waals surface area (Å²) >= 11 is 0. The van der Waals surface area contributed by atoms with E-state index in [4.69, 9.17) is 0 Å². The van der Waals surface area contributed by atoms with Crippen molar-refractivity contribution < 1.29 is 0 Å². The molecule has 2 aliphatic carbocycles. The van der Waals surface area contributed by atoms with Crippen molar-refractivity contribution in [3.63, 3.8) is 0 Å². The van der Waals surface area contributed by atoms with Crippen molar-refractivity contribution in [2.45, 2.75) is 95.1 Å². The Labute approximate surface area is 125 Å². The first-order chi connectivity index (χ1) is 9.79. The molecule has 1 aliphatic heterocycles. The minimum atomic E-state index is 0.484. The smallest absolute Gasteiger partial charge is 0.0334 e. The van der Waals surface area contributed by atoms with Crippen molar-refractivity contribution in [1.82, 2.24) is 10.2 Å². The average Bonchev–Trinajstić information content (AvgIpc) is 2.94. The van der Waals surface area contributed by atoms with Crippen LogP contribution in [0.4, 0.5) is 0 Å². The summed E-state index contributed by atoms with van der Waals surface area (Å²) in [5.74, 6) is 0. The van der Waals surface area contributed by atoms with Crippen molar-refractivity contribution in [1.29, 1.82) is 0 Å². The molecule has 0 aromatic heterocycles. The maximum absolute atomic E-state index is 4.05. The van der Waals surface area contributed by atoms with Crippen molar-refractivity contribution in [3.8, 4) is 0 Å². The Morgan fingerprint density at radius 1 is 0.900 bits per heavy atom. The van der Waals surface area contributed by atoms with Gasteiger partial charge in [-0.1, -0.05) is 51.9 Å². The molecule has 0 aromatic rings. The van der Waals surface area contributed by atoms with Crippen LogP contribution in [0, 0.1) is 0 Å². The fourth-order valence-corrected chi connectivity index (χ4v) is 5.01. The van der Waals surface area contributed by atoms with E-state index >= 15 is 0 Å². The normalized spacial score (nSPS) is 29.2. The van der Waals surface area contributed by atoms with Crippen LogP contribution in [0.2, 0.25) is 0 Å². The van der Waals surface area contributed by atoms with Crippen LogP contribution in [0.15, 0.2) is 0 Å². The first-order valence-corrected chi connectivity index (χ1v) is 9.29.